The van der Waals surface area contributed by atoms with Crippen LogP contribution in [0, 0.1) is 0 Å². The molecule has 2 aromatic carbocycles. The molecule has 0 aromatic heterocycles. The number of ether oxygens (including phenoxy) is 2. The number of hydrogen-bond donors (Lipinski definition) is 3. The van der Waals surface area contributed by atoms with E-state index < -0.39 is 5.79 Å². The first kappa shape index (κ1) is 20.5. The lowest BCUT2D eigenvalue weighted by molar-refractivity contribution is -0.0431. The van der Waals surface area contributed by atoms with Crippen molar-refractivity contribution in [3.8, 4) is 11.5 Å². The van der Waals surface area contributed by atoms with Crippen molar-refractivity contribution in [2.24, 2.45) is 0 Å². The fraction of sp³-hybridized carbons (Fsp3) is 0.435. The fourth-order valence-electron chi connectivity index (χ4n) is 4.06. The van der Waals surface area contributed by atoms with Gasteiger partial charge in [-0.15, -0.1) is 0 Å². The van der Waals surface area contributed by atoms with Crippen LogP contribution in [-0.2, 0) is 13.1 Å². The SMILES string of the molecule is CC1(C)Oc2ccc(NC(=O)NCc3ccccc3CN3CCC[C@H]3CO)cc2O1. The van der Waals surface area contributed by atoms with Crippen LogP contribution in [0.5, 0.6) is 11.5 Å². The Morgan fingerprint density at radius 3 is 2.73 bits per heavy atom. The molecule has 7 heteroatoms. The van der Waals surface area contributed by atoms with Gasteiger partial charge >= 0.3 is 6.03 Å². The van der Waals surface area contributed by atoms with Gasteiger partial charge in [-0.2, -0.15) is 0 Å². The molecule has 30 heavy (non-hydrogen) atoms. The van der Waals surface area contributed by atoms with Crippen molar-refractivity contribution in [2.75, 3.05) is 18.5 Å². The van der Waals surface area contributed by atoms with Gasteiger partial charge in [0.15, 0.2) is 11.5 Å². The maximum absolute atomic E-state index is 12.4. The largest absolute Gasteiger partial charge is 0.449 e. The van der Waals surface area contributed by atoms with Gasteiger partial charge in [-0.05, 0) is 42.6 Å². The van der Waals surface area contributed by atoms with Gasteiger partial charge in [0.05, 0.1) is 6.61 Å². The highest BCUT2D eigenvalue weighted by Crippen LogP contribution is 2.40. The predicted molar refractivity (Wildman–Crippen MR) is 115 cm³/mol. The van der Waals surface area contributed by atoms with Gasteiger partial charge in [0.1, 0.15) is 0 Å². The van der Waals surface area contributed by atoms with E-state index in [1.54, 1.807) is 18.2 Å². The minimum Gasteiger partial charge on any atom is -0.449 e. The number of aliphatic hydroxyl groups is 1. The number of fused-ring (bicyclic) bond motifs is 1. The first-order chi connectivity index (χ1) is 14.4. The van der Waals surface area contributed by atoms with Gasteiger partial charge in [0, 0.05) is 44.7 Å². The Morgan fingerprint density at radius 2 is 1.93 bits per heavy atom. The zero-order valence-electron chi connectivity index (χ0n) is 17.5. The second kappa shape index (κ2) is 8.53. The molecule has 0 unspecified atom stereocenters. The van der Waals surface area contributed by atoms with Crippen LogP contribution in [0.4, 0.5) is 10.5 Å². The van der Waals surface area contributed by atoms with Gasteiger partial charge in [0.25, 0.3) is 0 Å². The van der Waals surface area contributed by atoms with Crippen molar-refractivity contribution in [3.63, 3.8) is 0 Å². The smallest absolute Gasteiger partial charge is 0.319 e. The average Bonchev–Trinajstić information content (AvgIpc) is 3.28. The fourth-order valence-corrected chi connectivity index (χ4v) is 4.06. The highest BCUT2D eigenvalue weighted by Gasteiger charge is 2.31. The van der Waals surface area contributed by atoms with Crippen molar-refractivity contribution >= 4 is 11.7 Å². The van der Waals surface area contributed by atoms with Crippen molar-refractivity contribution in [3.05, 3.63) is 53.6 Å². The Kier molecular flexibility index (Phi) is 5.83. The lowest BCUT2D eigenvalue weighted by Gasteiger charge is -2.24. The number of rotatable bonds is 6. The third kappa shape index (κ3) is 4.68. The summed E-state index contributed by atoms with van der Waals surface area (Å²) in [5.74, 6) is 0.590. The number of carbonyl (C=O) groups excluding carboxylic acids is 1. The maximum atomic E-state index is 12.4. The highest BCUT2D eigenvalue weighted by molar-refractivity contribution is 5.89. The number of anilines is 1. The molecule has 0 radical (unpaired) electrons. The number of aliphatic hydroxyl groups excluding tert-OH is 1. The Balaban J connectivity index is 1.35. The Morgan fingerprint density at radius 1 is 1.17 bits per heavy atom. The Hall–Kier alpha value is -2.77. The van der Waals surface area contributed by atoms with E-state index in [2.05, 4.69) is 21.6 Å². The van der Waals surface area contributed by atoms with Gasteiger partial charge in [-0.1, -0.05) is 24.3 Å². The van der Waals surface area contributed by atoms with Crippen molar-refractivity contribution < 1.29 is 19.4 Å². The highest BCUT2D eigenvalue weighted by atomic mass is 16.7. The van der Waals surface area contributed by atoms with Crippen LogP contribution in [-0.4, -0.2) is 41.0 Å². The minimum atomic E-state index is -0.697. The molecule has 1 saturated heterocycles. The minimum absolute atomic E-state index is 0.190. The molecule has 2 aromatic rings. The van der Waals surface area contributed by atoms with Crippen LogP contribution >= 0.6 is 0 Å². The van der Waals surface area contributed by atoms with Gasteiger partial charge in [-0.3, -0.25) is 4.90 Å². The van der Waals surface area contributed by atoms with Crippen LogP contribution in [0.2, 0.25) is 0 Å². The summed E-state index contributed by atoms with van der Waals surface area (Å²) in [7, 11) is 0. The van der Waals surface area contributed by atoms with Gasteiger partial charge < -0.3 is 25.2 Å². The number of nitrogens with zero attached hydrogens (tertiary/aromatic N) is 1. The summed E-state index contributed by atoms with van der Waals surface area (Å²) in [6.07, 6.45) is 2.15. The van der Waals surface area contributed by atoms with E-state index >= 15 is 0 Å². The lowest BCUT2D eigenvalue weighted by atomic mass is 10.1. The molecular formula is C23H29N3O4. The van der Waals surface area contributed by atoms with Crippen molar-refractivity contribution in [1.82, 2.24) is 10.2 Å². The molecule has 2 aliphatic rings. The van der Waals surface area contributed by atoms with E-state index in [0.717, 1.165) is 31.5 Å². The second-order valence-electron chi connectivity index (χ2n) is 8.29. The number of carbonyl (C=O) groups is 1. The molecule has 0 aliphatic carbocycles. The molecule has 0 saturated carbocycles. The summed E-state index contributed by atoms with van der Waals surface area (Å²) >= 11 is 0. The summed E-state index contributed by atoms with van der Waals surface area (Å²) in [5.41, 5.74) is 2.89. The summed E-state index contributed by atoms with van der Waals surface area (Å²) in [6, 6.07) is 13.4. The second-order valence-corrected chi connectivity index (χ2v) is 8.29. The molecule has 3 N–H and O–H groups in total. The molecule has 1 atom stereocenters. The molecular weight excluding hydrogens is 382 g/mol. The molecule has 160 valence electrons. The van der Waals surface area contributed by atoms with Crippen LogP contribution in [0.25, 0.3) is 0 Å². The third-order valence-corrected chi connectivity index (χ3v) is 5.55. The predicted octanol–water partition coefficient (Wildman–Crippen LogP) is 3.47. The zero-order valence-corrected chi connectivity index (χ0v) is 17.5. The average molecular weight is 412 g/mol. The molecule has 7 nitrogen and oxygen atoms in total. The topological polar surface area (TPSA) is 83.1 Å². The van der Waals surface area contributed by atoms with Crippen LogP contribution in [0.15, 0.2) is 42.5 Å². The Bertz CT molecular complexity index is 915. The molecule has 0 spiro atoms. The number of hydrogen-bond acceptors (Lipinski definition) is 5. The van der Waals surface area contributed by atoms with Crippen LogP contribution < -0.4 is 20.1 Å². The molecule has 4 rings (SSSR count). The van der Waals surface area contributed by atoms with E-state index in [0.29, 0.717) is 23.7 Å². The maximum Gasteiger partial charge on any atom is 0.319 e. The molecule has 2 aliphatic heterocycles. The van der Waals surface area contributed by atoms with Crippen LogP contribution in [0.3, 0.4) is 0 Å². The first-order valence-corrected chi connectivity index (χ1v) is 10.4. The van der Waals surface area contributed by atoms with E-state index in [9.17, 15) is 9.90 Å². The standard InChI is InChI=1S/C23H29N3O4/c1-23(2)29-20-10-9-18(12-21(20)30-23)25-22(28)24-13-16-6-3-4-7-17(16)14-26-11-5-8-19(26)15-27/h3-4,6-7,9-10,12,19,27H,5,8,11,13-15H2,1-2H3,(H2,24,25,28)/t19-/m0/s1. The summed E-state index contributed by atoms with van der Waals surface area (Å²) in [4.78, 5) is 14.7. The monoisotopic (exact) mass is 411 g/mol. The van der Waals surface area contributed by atoms with Gasteiger partial charge in [-0.25, -0.2) is 4.79 Å². The summed E-state index contributed by atoms with van der Waals surface area (Å²) < 4.78 is 11.4. The number of amides is 2. The van der Waals surface area contributed by atoms with Crippen molar-refractivity contribution in [2.45, 2.75) is 51.6 Å². The van der Waals surface area contributed by atoms with E-state index in [4.69, 9.17) is 9.47 Å². The van der Waals surface area contributed by atoms with Crippen molar-refractivity contribution in [1.29, 1.82) is 0 Å². The molecule has 2 heterocycles. The van der Waals surface area contributed by atoms with E-state index in [1.165, 1.54) is 5.56 Å². The summed E-state index contributed by atoms with van der Waals surface area (Å²) in [6.45, 7) is 6.08. The normalized spacial score (nSPS) is 19.6. The third-order valence-electron chi connectivity index (χ3n) is 5.55. The zero-order chi connectivity index (χ0) is 21.1. The Labute approximate surface area is 177 Å². The number of urea groups is 1. The lowest BCUT2D eigenvalue weighted by Crippen LogP contribution is -2.32. The van der Waals surface area contributed by atoms with Crippen LogP contribution in [0.1, 0.15) is 37.8 Å². The van der Waals surface area contributed by atoms with Gasteiger partial charge in [0.2, 0.25) is 5.79 Å². The molecule has 2 amide bonds. The van der Waals surface area contributed by atoms with E-state index in [-0.39, 0.29) is 18.7 Å². The number of likely N-dealkylation sites (tertiary alicyclic amines) is 1. The quantitative estimate of drug-likeness (QED) is 0.678. The number of benzene rings is 2. The molecule has 0 bridgehead atoms. The van der Waals surface area contributed by atoms with E-state index in [1.807, 2.05) is 32.0 Å². The summed E-state index contributed by atoms with van der Waals surface area (Å²) in [5, 5.41) is 15.3. The first-order valence-electron chi connectivity index (χ1n) is 10.4. The number of nitrogens with one attached hydrogen (secondary N) is 2. The molecule has 1 fully saturated rings.